The monoisotopic (exact) mass is 264 g/mol. The van der Waals surface area contributed by atoms with Crippen LogP contribution in [0.3, 0.4) is 0 Å². The van der Waals surface area contributed by atoms with Crippen molar-refractivity contribution in [2.24, 2.45) is 0 Å². The molecule has 5 heteroatoms. The number of aromatic hydroxyl groups is 1. The number of hydrogen-bond acceptors (Lipinski definition) is 3. The molecule has 0 unspecified atom stereocenters. The Morgan fingerprint density at radius 2 is 1.74 bits per heavy atom. The first-order valence-electron chi connectivity index (χ1n) is 6.51. The molecule has 0 aliphatic rings. The average molecular weight is 264 g/mol. The molecule has 0 bridgehead atoms. The van der Waals surface area contributed by atoms with Crippen molar-refractivity contribution >= 4 is 11.8 Å². The third kappa shape index (κ3) is 5.90. The number of carbonyl (C=O) groups excluding carboxylic acids is 2. The highest BCUT2D eigenvalue weighted by atomic mass is 16.3. The van der Waals surface area contributed by atoms with E-state index in [-0.39, 0.29) is 11.7 Å². The lowest BCUT2D eigenvalue weighted by Gasteiger charge is -2.07. The van der Waals surface area contributed by atoms with Gasteiger partial charge in [-0.3, -0.25) is 20.4 Å². The summed E-state index contributed by atoms with van der Waals surface area (Å²) in [5, 5.41) is 9.10. The predicted octanol–water partition coefficient (Wildman–Crippen LogP) is 2.12. The minimum atomic E-state index is -0.401. The third-order valence-corrected chi connectivity index (χ3v) is 2.70. The molecule has 0 aliphatic heterocycles. The number of amides is 2. The molecule has 0 spiro atoms. The first-order chi connectivity index (χ1) is 9.13. The number of carbonyl (C=O) groups is 2. The van der Waals surface area contributed by atoms with Crippen molar-refractivity contribution in [3.05, 3.63) is 29.8 Å². The van der Waals surface area contributed by atoms with Gasteiger partial charge in [0.25, 0.3) is 5.91 Å². The van der Waals surface area contributed by atoms with Gasteiger partial charge in [0.1, 0.15) is 5.75 Å². The van der Waals surface area contributed by atoms with Gasteiger partial charge in [-0.1, -0.05) is 26.2 Å². The van der Waals surface area contributed by atoms with E-state index in [1.165, 1.54) is 24.3 Å². The Morgan fingerprint density at radius 3 is 2.37 bits per heavy atom. The zero-order valence-corrected chi connectivity index (χ0v) is 11.1. The lowest BCUT2D eigenvalue weighted by atomic mass is 10.1. The van der Waals surface area contributed by atoms with E-state index in [0.717, 1.165) is 25.7 Å². The van der Waals surface area contributed by atoms with E-state index in [9.17, 15) is 9.59 Å². The van der Waals surface area contributed by atoms with E-state index in [0.29, 0.717) is 12.0 Å². The van der Waals surface area contributed by atoms with Crippen LogP contribution in [0.5, 0.6) is 5.75 Å². The smallest absolute Gasteiger partial charge is 0.269 e. The van der Waals surface area contributed by atoms with Gasteiger partial charge in [0.2, 0.25) is 5.91 Å². The van der Waals surface area contributed by atoms with E-state index in [2.05, 4.69) is 17.8 Å². The first kappa shape index (κ1) is 15.0. The Balaban J connectivity index is 2.26. The van der Waals surface area contributed by atoms with E-state index in [1.54, 1.807) is 0 Å². The molecule has 1 aromatic carbocycles. The number of hydrogen-bond donors (Lipinski definition) is 3. The fourth-order valence-electron chi connectivity index (χ4n) is 1.59. The summed E-state index contributed by atoms with van der Waals surface area (Å²) in [5.41, 5.74) is 5.09. The average Bonchev–Trinajstić information content (AvgIpc) is 2.42. The fraction of sp³-hybridized carbons (Fsp3) is 0.429. The van der Waals surface area contributed by atoms with Crippen molar-refractivity contribution in [1.82, 2.24) is 10.9 Å². The molecule has 0 atom stereocenters. The Hall–Kier alpha value is -2.04. The predicted molar refractivity (Wildman–Crippen MR) is 72.5 cm³/mol. The highest BCUT2D eigenvalue weighted by Gasteiger charge is 2.06. The van der Waals surface area contributed by atoms with Crippen LogP contribution < -0.4 is 10.9 Å². The largest absolute Gasteiger partial charge is 0.508 e. The number of rotatable bonds is 6. The van der Waals surface area contributed by atoms with Crippen LogP contribution in [0.4, 0.5) is 0 Å². The van der Waals surface area contributed by atoms with Gasteiger partial charge in [0.05, 0.1) is 0 Å². The summed E-state index contributed by atoms with van der Waals surface area (Å²) < 4.78 is 0. The Bertz CT molecular complexity index is 415. The molecule has 0 heterocycles. The molecule has 0 aromatic heterocycles. The molecule has 19 heavy (non-hydrogen) atoms. The Kier molecular flexibility index (Phi) is 6.43. The van der Waals surface area contributed by atoms with E-state index in [4.69, 9.17) is 5.11 Å². The summed E-state index contributed by atoms with van der Waals surface area (Å²) in [4.78, 5) is 23.1. The summed E-state index contributed by atoms with van der Waals surface area (Å²) in [7, 11) is 0. The van der Waals surface area contributed by atoms with Crippen LogP contribution in [0.25, 0.3) is 0 Å². The Morgan fingerprint density at radius 1 is 1.05 bits per heavy atom. The second-order valence-electron chi connectivity index (χ2n) is 4.36. The Labute approximate surface area is 113 Å². The van der Waals surface area contributed by atoms with Crippen LogP contribution in [0.15, 0.2) is 24.3 Å². The summed E-state index contributed by atoms with van der Waals surface area (Å²) >= 11 is 0. The van der Waals surface area contributed by atoms with Gasteiger partial charge in [-0.15, -0.1) is 0 Å². The number of phenolic OH excluding ortho intramolecular Hbond substituents is 1. The second-order valence-corrected chi connectivity index (χ2v) is 4.36. The summed E-state index contributed by atoms with van der Waals surface area (Å²) in [6.45, 7) is 2.11. The van der Waals surface area contributed by atoms with Crippen molar-refractivity contribution in [2.45, 2.75) is 39.0 Å². The van der Waals surface area contributed by atoms with Gasteiger partial charge in [-0.2, -0.15) is 0 Å². The summed E-state index contributed by atoms with van der Waals surface area (Å²) in [6.07, 6.45) is 4.51. The molecule has 1 rings (SSSR count). The molecular weight excluding hydrogens is 244 g/mol. The van der Waals surface area contributed by atoms with Crippen molar-refractivity contribution in [3.63, 3.8) is 0 Å². The molecule has 0 saturated heterocycles. The standard InChI is InChI=1S/C14H20N2O3/c1-2-3-4-5-6-13(18)15-16-14(19)11-7-9-12(17)10-8-11/h7-10,17H,2-6H2,1H3,(H,15,18)(H,16,19). The number of phenols is 1. The molecule has 5 nitrogen and oxygen atoms in total. The van der Waals surface area contributed by atoms with E-state index >= 15 is 0 Å². The molecule has 104 valence electrons. The van der Waals surface area contributed by atoms with Crippen LogP contribution in [-0.4, -0.2) is 16.9 Å². The second kappa shape index (κ2) is 8.13. The minimum absolute atomic E-state index is 0.0940. The van der Waals surface area contributed by atoms with Gasteiger partial charge >= 0.3 is 0 Å². The van der Waals surface area contributed by atoms with Crippen molar-refractivity contribution in [2.75, 3.05) is 0 Å². The molecule has 0 aliphatic carbocycles. The number of hydrazine groups is 1. The SMILES string of the molecule is CCCCCCC(=O)NNC(=O)c1ccc(O)cc1. The fourth-order valence-corrected chi connectivity index (χ4v) is 1.59. The lowest BCUT2D eigenvalue weighted by molar-refractivity contribution is -0.122. The van der Waals surface area contributed by atoms with E-state index in [1.807, 2.05) is 0 Å². The highest BCUT2D eigenvalue weighted by molar-refractivity contribution is 5.95. The summed E-state index contributed by atoms with van der Waals surface area (Å²) in [6, 6.07) is 5.80. The van der Waals surface area contributed by atoms with Gasteiger partial charge in [-0.25, -0.2) is 0 Å². The first-order valence-corrected chi connectivity index (χ1v) is 6.51. The van der Waals surface area contributed by atoms with Crippen molar-refractivity contribution in [3.8, 4) is 5.75 Å². The maximum atomic E-state index is 11.6. The van der Waals surface area contributed by atoms with Crippen LogP contribution in [-0.2, 0) is 4.79 Å². The number of benzene rings is 1. The van der Waals surface area contributed by atoms with Gasteiger partial charge in [-0.05, 0) is 30.7 Å². The summed E-state index contributed by atoms with van der Waals surface area (Å²) in [5.74, 6) is -0.498. The van der Waals surface area contributed by atoms with Crippen molar-refractivity contribution in [1.29, 1.82) is 0 Å². The maximum Gasteiger partial charge on any atom is 0.269 e. The van der Waals surface area contributed by atoms with Crippen LogP contribution in [0, 0.1) is 0 Å². The normalized spacial score (nSPS) is 9.95. The van der Waals surface area contributed by atoms with Crippen LogP contribution >= 0.6 is 0 Å². The highest BCUT2D eigenvalue weighted by Crippen LogP contribution is 2.09. The number of nitrogens with one attached hydrogen (secondary N) is 2. The zero-order valence-electron chi connectivity index (χ0n) is 11.1. The minimum Gasteiger partial charge on any atom is -0.508 e. The lowest BCUT2D eigenvalue weighted by Crippen LogP contribution is -2.41. The van der Waals surface area contributed by atoms with Gasteiger partial charge in [0.15, 0.2) is 0 Å². The van der Waals surface area contributed by atoms with Crippen LogP contribution in [0.1, 0.15) is 49.4 Å². The zero-order chi connectivity index (χ0) is 14.1. The molecule has 0 radical (unpaired) electrons. The topological polar surface area (TPSA) is 78.4 Å². The molecule has 0 saturated carbocycles. The molecular formula is C14H20N2O3. The van der Waals surface area contributed by atoms with Gasteiger partial charge < -0.3 is 5.11 Å². The third-order valence-electron chi connectivity index (χ3n) is 2.70. The molecule has 0 fully saturated rings. The number of unbranched alkanes of at least 4 members (excludes halogenated alkanes) is 3. The quantitative estimate of drug-likeness (QED) is 0.544. The molecule has 2 amide bonds. The maximum absolute atomic E-state index is 11.6. The molecule has 1 aromatic rings. The van der Waals surface area contributed by atoms with Crippen LogP contribution in [0.2, 0.25) is 0 Å². The van der Waals surface area contributed by atoms with Crippen molar-refractivity contribution < 1.29 is 14.7 Å². The van der Waals surface area contributed by atoms with E-state index < -0.39 is 5.91 Å². The van der Waals surface area contributed by atoms with Gasteiger partial charge in [0, 0.05) is 12.0 Å². The molecule has 3 N–H and O–H groups in total.